The molecule has 18 heavy (non-hydrogen) atoms. The topological polar surface area (TPSA) is 113 Å². The van der Waals surface area contributed by atoms with Crippen LogP contribution >= 0.6 is 0 Å². The molecule has 0 bridgehead atoms. The van der Waals surface area contributed by atoms with E-state index in [1.807, 2.05) is 0 Å². The fourth-order valence-corrected chi connectivity index (χ4v) is 2.31. The van der Waals surface area contributed by atoms with Gasteiger partial charge in [-0.05, 0) is 19.8 Å². The quantitative estimate of drug-likeness (QED) is 0.524. The summed E-state index contributed by atoms with van der Waals surface area (Å²) in [5, 5.41) is 20.6. The van der Waals surface area contributed by atoms with Gasteiger partial charge in [-0.25, -0.2) is 4.79 Å². The first kappa shape index (κ1) is 14.9. The van der Waals surface area contributed by atoms with Gasteiger partial charge in [-0.15, -0.1) is 0 Å². The second-order valence-corrected chi connectivity index (χ2v) is 4.97. The van der Waals surface area contributed by atoms with Gasteiger partial charge in [-0.3, -0.25) is 4.79 Å². The highest BCUT2D eigenvalue weighted by Crippen LogP contribution is 2.22. The monoisotopic (exact) mass is 258 g/mol. The van der Waals surface area contributed by atoms with Gasteiger partial charge in [0.15, 0.2) is 6.04 Å². The Kier molecular flexibility index (Phi) is 5.55. The van der Waals surface area contributed by atoms with Gasteiger partial charge in [-0.1, -0.05) is 19.3 Å². The number of nitrogens with one attached hydrogen (secondary N) is 1. The predicted molar refractivity (Wildman–Crippen MR) is 65.8 cm³/mol. The Hall–Kier alpha value is -1.14. The molecule has 1 fully saturated rings. The summed E-state index contributed by atoms with van der Waals surface area (Å²) in [6.45, 7) is 1.34. The number of aliphatic hydroxyl groups excluding tert-OH is 1. The fourth-order valence-electron chi connectivity index (χ4n) is 2.31. The van der Waals surface area contributed by atoms with Crippen molar-refractivity contribution in [2.45, 2.75) is 57.2 Å². The maximum atomic E-state index is 12.0. The number of carboxylic acids is 1. The van der Waals surface area contributed by atoms with Crippen LogP contribution in [0.4, 0.5) is 0 Å². The number of hydrogen-bond acceptors (Lipinski definition) is 4. The predicted octanol–water partition coefficient (Wildman–Crippen LogP) is -0.156. The van der Waals surface area contributed by atoms with E-state index < -0.39 is 18.1 Å². The van der Waals surface area contributed by atoms with Crippen LogP contribution in [-0.2, 0) is 9.59 Å². The standard InChI is InChI=1S/C12H22N2O4/c1-7(15)10(12(17)18)14-11(16)8-5-3-2-4-6-9(8)13/h7-10,15H,2-6,13H2,1H3,(H,14,16)(H,17,18). The number of amides is 1. The molecule has 0 aromatic heterocycles. The number of carbonyl (C=O) groups excluding carboxylic acids is 1. The Balaban J connectivity index is 2.64. The molecule has 0 saturated heterocycles. The second kappa shape index (κ2) is 6.70. The Morgan fingerprint density at radius 2 is 1.89 bits per heavy atom. The van der Waals surface area contributed by atoms with E-state index in [0.717, 1.165) is 25.7 Å². The van der Waals surface area contributed by atoms with Crippen LogP contribution in [0.15, 0.2) is 0 Å². The summed E-state index contributed by atoms with van der Waals surface area (Å²) in [5.41, 5.74) is 5.94. The van der Waals surface area contributed by atoms with Crippen molar-refractivity contribution in [2.75, 3.05) is 0 Å². The van der Waals surface area contributed by atoms with Crippen LogP contribution in [0.25, 0.3) is 0 Å². The summed E-state index contributed by atoms with van der Waals surface area (Å²) in [5.74, 6) is -1.95. The Bertz CT molecular complexity index is 306. The summed E-state index contributed by atoms with van der Waals surface area (Å²) in [6.07, 6.45) is 3.32. The molecule has 0 aromatic carbocycles. The molecule has 0 heterocycles. The van der Waals surface area contributed by atoms with E-state index in [9.17, 15) is 14.7 Å². The van der Waals surface area contributed by atoms with Crippen molar-refractivity contribution in [3.63, 3.8) is 0 Å². The van der Waals surface area contributed by atoms with Crippen molar-refractivity contribution < 1.29 is 19.8 Å². The molecule has 0 aliphatic heterocycles. The molecule has 1 amide bonds. The SMILES string of the molecule is CC(O)C(NC(=O)C1CCCCCC1N)C(=O)O. The van der Waals surface area contributed by atoms with Gasteiger partial charge in [0.25, 0.3) is 0 Å². The number of aliphatic hydroxyl groups is 1. The molecule has 1 rings (SSSR count). The van der Waals surface area contributed by atoms with Gasteiger partial charge in [0, 0.05) is 6.04 Å². The molecular weight excluding hydrogens is 236 g/mol. The van der Waals surface area contributed by atoms with Crippen LogP contribution in [0.3, 0.4) is 0 Å². The van der Waals surface area contributed by atoms with Crippen LogP contribution in [0, 0.1) is 5.92 Å². The van der Waals surface area contributed by atoms with Gasteiger partial charge < -0.3 is 21.3 Å². The van der Waals surface area contributed by atoms with E-state index in [2.05, 4.69) is 5.32 Å². The first-order valence-corrected chi connectivity index (χ1v) is 6.40. The third kappa shape index (κ3) is 3.96. The summed E-state index contributed by atoms with van der Waals surface area (Å²) >= 11 is 0. The number of aliphatic carboxylic acids is 1. The van der Waals surface area contributed by atoms with E-state index in [-0.39, 0.29) is 17.9 Å². The van der Waals surface area contributed by atoms with Crippen LogP contribution in [-0.4, -0.2) is 40.3 Å². The third-order valence-corrected chi connectivity index (χ3v) is 3.45. The molecule has 5 N–H and O–H groups in total. The van der Waals surface area contributed by atoms with Crippen LogP contribution in [0.1, 0.15) is 39.0 Å². The molecule has 6 heteroatoms. The van der Waals surface area contributed by atoms with Crippen LogP contribution < -0.4 is 11.1 Å². The molecule has 1 aliphatic rings. The number of rotatable bonds is 4. The first-order chi connectivity index (χ1) is 8.43. The summed E-state index contributed by atoms with van der Waals surface area (Å²) < 4.78 is 0. The fraction of sp³-hybridized carbons (Fsp3) is 0.833. The molecule has 0 radical (unpaired) electrons. The molecule has 4 unspecified atom stereocenters. The smallest absolute Gasteiger partial charge is 0.328 e. The van der Waals surface area contributed by atoms with E-state index in [4.69, 9.17) is 10.8 Å². The van der Waals surface area contributed by atoms with Gasteiger partial charge in [0.1, 0.15) is 0 Å². The zero-order valence-corrected chi connectivity index (χ0v) is 10.6. The molecule has 0 aromatic rings. The zero-order chi connectivity index (χ0) is 13.7. The summed E-state index contributed by atoms with van der Waals surface area (Å²) in [4.78, 5) is 22.9. The van der Waals surface area contributed by atoms with Gasteiger partial charge in [-0.2, -0.15) is 0 Å². The Morgan fingerprint density at radius 3 is 2.44 bits per heavy atom. The van der Waals surface area contributed by atoms with E-state index >= 15 is 0 Å². The Morgan fingerprint density at radius 1 is 1.28 bits per heavy atom. The zero-order valence-electron chi connectivity index (χ0n) is 10.6. The molecule has 4 atom stereocenters. The third-order valence-electron chi connectivity index (χ3n) is 3.45. The lowest BCUT2D eigenvalue weighted by Crippen LogP contribution is -2.52. The molecule has 6 nitrogen and oxygen atoms in total. The molecule has 0 spiro atoms. The minimum atomic E-state index is -1.27. The van der Waals surface area contributed by atoms with E-state index in [0.29, 0.717) is 6.42 Å². The van der Waals surface area contributed by atoms with Crippen molar-refractivity contribution in [3.05, 3.63) is 0 Å². The van der Waals surface area contributed by atoms with Crippen molar-refractivity contribution >= 4 is 11.9 Å². The largest absolute Gasteiger partial charge is 0.480 e. The maximum Gasteiger partial charge on any atom is 0.328 e. The van der Waals surface area contributed by atoms with Crippen molar-refractivity contribution in [1.29, 1.82) is 0 Å². The number of carbonyl (C=O) groups is 2. The van der Waals surface area contributed by atoms with Gasteiger partial charge in [0.2, 0.25) is 5.91 Å². The number of hydrogen-bond donors (Lipinski definition) is 4. The highest BCUT2D eigenvalue weighted by atomic mass is 16.4. The Labute approximate surface area is 107 Å². The summed E-state index contributed by atoms with van der Waals surface area (Å²) in [6, 6.07) is -1.50. The van der Waals surface area contributed by atoms with Crippen LogP contribution in [0.5, 0.6) is 0 Å². The minimum absolute atomic E-state index is 0.226. The highest BCUT2D eigenvalue weighted by Gasteiger charge is 2.31. The average molecular weight is 258 g/mol. The number of nitrogens with two attached hydrogens (primary N) is 1. The molecule has 1 saturated carbocycles. The average Bonchev–Trinajstić information content (AvgIpc) is 2.49. The lowest BCUT2D eigenvalue weighted by Gasteiger charge is -2.24. The molecule has 1 aliphatic carbocycles. The number of carboxylic acid groups (broad SMARTS) is 1. The normalized spacial score (nSPS) is 27.9. The minimum Gasteiger partial charge on any atom is -0.480 e. The lowest BCUT2D eigenvalue weighted by atomic mass is 9.94. The second-order valence-electron chi connectivity index (χ2n) is 4.97. The summed E-state index contributed by atoms with van der Waals surface area (Å²) in [7, 11) is 0. The van der Waals surface area contributed by atoms with Gasteiger partial charge in [0.05, 0.1) is 12.0 Å². The molecular formula is C12H22N2O4. The van der Waals surface area contributed by atoms with E-state index in [1.54, 1.807) is 0 Å². The lowest BCUT2D eigenvalue weighted by molar-refractivity contribution is -0.145. The highest BCUT2D eigenvalue weighted by molar-refractivity contribution is 5.85. The van der Waals surface area contributed by atoms with Gasteiger partial charge >= 0.3 is 5.97 Å². The van der Waals surface area contributed by atoms with Crippen molar-refractivity contribution in [3.8, 4) is 0 Å². The maximum absolute atomic E-state index is 12.0. The van der Waals surface area contributed by atoms with Crippen molar-refractivity contribution in [1.82, 2.24) is 5.32 Å². The van der Waals surface area contributed by atoms with E-state index in [1.165, 1.54) is 6.92 Å². The van der Waals surface area contributed by atoms with Crippen molar-refractivity contribution in [2.24, 2.45) is 11.7 Å². The first-order valence-electron chi connectivity index (χ1n) is 6.40. The van der Waals surface area contributed by atoms with Crippen LogP contribution in [0.2, 0.25) is 0 Å². The molecule has 104 valence electrons.